The van der Waals surface area contributed by atoms with E-state index in [1.165, 1.54) is 45.1 Å². The van der Waals surface area contributed by atoms with Crippen molar-refractivity contribution < 1.29 is 4.74 Å². The van der Waals surface area contributed by atoms with Gasteiger partial charge >= 0.3 is 0 Å². The van der Waals surface area contributed by atoms with E-state index in [-0.39, 0.29) is 0 Å². The average molecular weight is 226 g/mol. The summed E-state index contributed by atoms with van der Waals surface area (Å²) in [6, 6.07) is 1.28. The van der Waals surface area contributed by atoms with Gasteiger partial charge in [0.1, 0.15) is 0 Å². The fraction of sp³-hybridized carbons (Fsp3) is 1.00. The molecule has 2 aliphatic rings. The lowest BCUT2D eigenvalue weighted by Crippen LogP contribution is -2.43. The molecule has 16 heavy (non-hydrogen) atoms. The molecule has 2 aliphatic carbocycles. The maximum atomic E-state index is 6.22. The van der Waals surface area contributed by atoms with E-state index in [4.69, 9.17) is 10.5 Å². The van der Waals surface area contributed by atoms with Crippen LogP contribution in [0.1, 0.15) is 38.5 Å². The molecule has 2 unspecified atom stereocenters. The maximum Gasteiger partial charge on any atom is 0.0589 e. The first-order chi connectivity index (χ1) is 7.81. The molecule has 0 spiro atoms. The average Bonchev–Trinajstić information content (AvgIpc) is 3.10. The quantitative estimate of drug-likeness (QED) is 0.748. The highest BCUT2D eigenvalue weighted by Gasteiger charge is 2.32. The van der Waals surface area contributed by atoms with Crippen LogP contribution in [0, 0.1) is 5.92 Å². The van der Waals surface area contributed by atoms with Crippen LogP contribution < -0.4 is 5.73 Å². The highest BCUT2D eigenvalue weighted by atomic mass is 16.5. The molecule has 0 aliphatic heterocycles. The first kappa shape index (κ1) is 12.3. The molecule has 2 fully saturated rings. The summed E-state index contributed by atoms with van der Waals surface area (Å²) in [4.78, 5) is 2.61. The summed E-state index contributed by atoms with van der Waals surface area (Å²) in [5.41, 5.74) is 6.22. The summed E-state index contributed by atoms with van der Waals surface area (Å²) in [7, 11) is 1.79. The molecule has 3 heteroatoms. The minimum absolute atomic E-state index is 0.442. The van der Waals surface area contributed by atoms with E-state index in [1.54, 1.807) is 7.11 Å². The number of rotatable bonds is 6. The fourth-order valence-corrected chi connectivity index (χ4v) is 2.84. The topological polar surface area (TPSA) is 38.5 Å². The van der Waals surface area contributed by atoms with Gasteiger partial charge in [0, 0.05) is 32.3 Å². The van der Waals surface area contributed by atoms with Crippen LogP contribution in [-0.4, -0.2) is 43.8 Å². The summed E-state index contributed by atoms with van der Waals surface area (Å²) in [6.07, 6.45) is 8.03. The summed E-state index contributed by atoms with van der Waals surface area (Å²) in [5.74, 6) is 0.728. The Kier molecular flexibility index (Phi) is 4.62. The molecule has 3 nitrogen and oxygen atoms in total. The number of nitrogens with two attached hydrogens (primary N) is 1. The largest absolute Gasteiger partial charge is 0.383 e. The minimum atomic E-state index is 0.442. The molecule has 94 valence electrons. The predicted molar refractivity (Wildman–Crippen MR) is 66.4 cm³/mol. The molecule has 0 amide bonds. The summed E-state index contributed by atoms with van der Waals surface area (Å²) < 4.78 is 5.19. The van der Waals surface area contributed by atoms with Crippen molar-refractivity contribution in [3.8, 4) is 0 Å². The molecule has 2 atom stereocenters. The third kappa shape index (κ3) is 3.44. The Labute approximate surface area is 99.3 Å². The molecule has 2 saturated carbocycles. The molecule has 0 aromatic rings. The molecule has 0 heterocycles. The molecular formula is C13H26N2O. The van der Waals surface area contributed by atoms with Crippen molar-refractivity contribution in [3.05, 3.63) is 0 Å². The molecule has 0 saturated heterocycles. The van der Waals surface area contributed by atoms with Crippen molar-refractivity contribution in [2.45, 2.75) is 50.6 Å². The molecule has 0 aromatic carbocycles. The van der Waals surface area contributed by atoms with Crippen LogP contribution in [0.25, 0.3) is 0 Å². The number of methoxy groups -OCH3 is 1. The monoisotopic (exact) mass is 226 g/mol. The Morgan fingerprint density at radius 1 is 1.19 bits per heavy atom. The zero-order valence-corrected chi connectivity index (χ0v) is 10.5. The molecule has 0 aromatic heterocycles. The predicted octanol–water partition coefficient (Wildman–Crippen LogP) is 1.61. The van der Waals surface area contributed by atoms with Crippen LogP contribution in [0.2, 0.25) is 0 Å². The first-order valence-electron chi connectivity index (χ1n) is 6.80. The van der Waals surface area contributed by atoms with Crippen LogP contribution in [-0.2, 0) is 4.74 Å². The highest BCUT2D eigenvalue weighted by molar-refractivity contribution is 4.88. The van der Waals surface area contributed by atoms with Crippen molar-refractivity contribution in [2.24, 2.45) is 11.7 Å². The number of hydrogen-bond donors (Lipinski definition) is 1. The summed E-state index contributed by atoms with van der Waals surface area (Å²) in [6.45, 7) is 3.15. The van der Waals surface area contributed by atoms with Gasteiger partial charge in [0.15, 0.2) is 0 Å². The third-order valence-electron chi connectivity index (χ3n) is 4.08. The van der Waals surface area contributed by atoms with Crippen molar-refractivity contribution in [2.75, 3.05) is 26.8 Å². The number of ether oxygens (including phenoxy) is 1. The van der Waals surface area contributed by atoms with Gasteiger partial charge in [0.05, 0.1) is 6.61 Å². The van der Waals surface area contributed by atoms with Gasteiger partial charge in [0.2, 0.25) is 0 Å². The van der Waals surface area contributed by atoms with Crippen molar-refractivity contribution in [3.63, 3.8) is 0 Å². The zero-order valence-electron chi connectivity index (χ0n) is 10.5. The second-order valence-electron chi connectivity index (χ2n) is 5.43. The Morgan fingerprint density at radius 3 is 2.56 bits per heavy atom. The van der Waals surface area contributed by atoms with Crippen molar-refractivity contribution >= 4 is 0 Å². The normalized spacial score (nSPS) is 30.9. The van der Waals surface area contributed by atoms with Gasteiger partial charge in [-0.3, -0.25) is 4.90 Å². The van der Waals surface area contributed by atoms with Crippen molar-refractivity contribution in [1.82, 2.24) is 4.90 Å². The fourth-order valence-electron chi connectivity index (χ4n) is 2.84. The van der Waals surface area contributed by atoms with Gasteiger partial charge in [0.25, 0.3) is 0 Å². The van der Waals surface area contributed by atoms with Gasteiger partial charge in [-0.2, -0.15) is 0 Å². The van der Waals surface area contributed by atoms with Crippen LogP contribution >= 0.6 is 0 Å². The lowest BCUT2D eigenvalue weighted by molar-refractivity contribution is 0.119. The first-order valence-corrected chi connectivity index (χ1v) is 6.80. The minimum Gasteiger partial charge on any atom is -0.383 e. The van der Waals surface area contributed by atoms with E-state index < -0.39 is 0 Å². The third-order valence-corrected chi connectivity index (χ3v) is 4.08. The standard InChI is InChI=1S/C13H26N2O/c1-16-9-8-15(12-6-7-12)10-11-4-2-3-5-13(11)14/h11-13H,2-10,14H2,1H3. The molecule has 2 rings (SSSR count). The molecule has 0 radical (unpaired) electrons. The zero-order chi connectivity index (χ0) is 11.4. The highest BCUT2D eigenvalue weighted by Crippen LogP contribution is 2.30. The smallest absolute Gasteiger partial charge is 0.0589 e. The van der Waals surface area contributed by atoms with E-state index >= 15 is 0 Å². The Morgan fingerprint density at radius 2 is 1.94 bits per heavy atom. The Balaban J connectivity index is 1.78. The number of hydrogen-bond acceptors (Lipinski definition) is 3. The lowest BCUT2D eigenvalue weighted by atomic mass is 9.84. The Hall–Kier alpha value is -0.120. The van der Waals surface area contributed by atoms with E-state index in [1.807, 2.05) is 0 Å². The van der Waals surface area contributed by atoms with Crippen LogP contribution in [0.5, 0.6) is 0 Å². The van der Waals surface area contributed by atoms with Crippen LogP contribution in [0.4, 0.5) is 0 Å². The van der Waals surface area contributed by atoms with Gasteiger partial charge < -0.3 is 10.5 Å². The van der Waals surface area contributed by atoms with E-state index in [0.29, 0.717) is 6.04 Å². The lowest BCUT2D eigenvalue weighted by Gasteiger charge is -2.33. The molecular weight excluding hydrogens is 200 g/mol. The summed E-state index contributed by atoms with van der Waals surface area (Å²) >= 11 is 0. The van der Waals surface area contributed by atoms with Crippen molar-refractivity contribution in [1.29, 1.82) is 0 Å². The van der Waals surface area contributed by atoms with E-state index in [0.717, 1.165) is 25.1 Å². The summed E-state index contributed by atoms with van der Waals surface area (Å²) in [5, 5.41) is 0. The second kappa shape index (κ2) is 5.99. The van der Waals surface area contributed by atoms with Gasteiger partial charge in [-0.1, -0.05) is 12.8 Å². The van der Waals surface area contributed by atoms with E-state index in [2.05, 4.69) is 4.90 Å². The Bertz CT molecular complexity index is 206. The molecule has 2 N–H and O–H groups in total. The number of nitrogens with zero attached hydrogens (tertiary/aromatic N) is 1. The van der Waals surface area contributed by atoms with Gasteiger partial charge in [-0.05, 0) is 31.6 Å². The van der Waals surface area contributed by atoms with Gasteiger partial charge in [-0.15, -0.1) is 0 Å². The van der Waals surface area contributed by atoms with Crippen LogP contribution in [0.15, 0.2) is 0 Å². The second-order valence-corrected chi connectivity index (χ2v) is 5.43. The van der Waals surface area contributed by atoms with Crippen LogP contribution in [0.3, 0.4) is 0 Å². The van der Waals surface area contributed by atoms with E-state index in [9.17, 15) is 0 Å². The SMILES string of the molecule is COCCN(CC1CCCCC1N)C1CC1. The van der Waals surface area contributed by atoms with Gasteiger partial charge in [-0.25, -0.2) is 0 Å². The maximum absolute atomic E-state index is 6.22. The molecule has 0 bridgehead atoms.